The number of aryl methyl sites for hydroxylation is 1. The molecule has 0 fully saturated rings. The van der Waals surface area contributed by atoms with Gasteiger partial charge in [0.1, 0.15) is 5.75 Å². The van der Waals surface area contributed by atoms with E-state index in [1.165, 1.54) is 11.3 Å². The Morgan fingerprint density at radius 1 is 1.30 bits per heavy atom. The Balaban J connectivity index is 2.01. The SMILES string of the molecule is COc1cc(C)ccc1NCc1ccc(CC(=O)O)s1. The molecule has 106 valence electrons. The van der Waals surface area contributed by atoms with Crippen LogP contribution >= 0.6 is 11.3 Å². The predicted molar refractivity (Wildman–Crippen MR) is 80.7 cm³/mol. The van der Waals surface area contributed by atoms with Crippen LogP contribution in [0.1, 0.15) is 15.3 Å². The molecule has 0 saturated heterocycles. The van der Waals surface area contributed by atoms with Crippen LogP contribution in [0.15, 0.2) is 30.3 Å². The largest absolute Gasteiger partial charge is 0.495 e. The Labute approximate surface area is 122 Å². The second-order valence-corrected chi connectivity index (χ2v) is 5.75. The van der Waals surface area contributed by atoms with Crippen LogP contribution in [0.4, 0.5) is 5.69 Å². The highest BCUT2D eigenvalue weighted by Crippen LogP contribution is 2.26. The van der Waals surface area contributed by atoms with Gasteiger partial charge in [0.25, 0.3) is 0 Å². The molecule has 1 aromatic carbocycles. The van der Waals surface area contributed by atoms with E-state index in [1.54, 1.807) is 7.11 Å². The van der Waals surface area contributed by atoms with Gasteiger partial charge in [-0.3, -0.25) is 4.79 Å². The number of carboxylic acid groups (broad SMARTS) is 1. The lowest BCUT2D eigenvalue weighted by molar-refractivity contribution is -0.136. The van der Waals surface area contributed by atoms with Gasteiger partial charge in [-0.15, -0.1) is 11.3 Å². The van der Waals surface area contributed by atoms with Crippen molar-refractivity contribution in [1.82, 2.24) is 0 Å². The molecule has 20 heavy (non-hydrogen) atoms. The lowest BCUT2D eigenvalue weighted by Crippen LogP contribution is -2.00. The standard InChI is InChI=1S/C15H17NO3S/c1-10-3-6-13(14(7-10)19-2)16-9-12-5-4-11(20-12)8-15(17)18/h3-7,16H,8-9H2,1-2H3,(H,17,18). The number of hydrogen-bond donors (Lipinski definition) is 2. The van der Waals surface area contributed by atoms with Crippen molar-refractivity contribution in [3.8, 4) is 5.75 Å². The van der Waals surface area contributed by atoms with E-state index in [-0.39, 0.29) is 6.42 Å². The summed E-state index contributed by atoms with van der Waals surface area (Å²) in [6.07, 6.45) is 0.0819. The minimum absolute atomic E-state index is 0.0819. The first-order valence-electron chi connectivity index (χ1n) is 6.26. The molecular formula is C15H17NO3S. The first-order chi connectivity index (χ1) is 9.58. The molecule has 2 N–H and O–H groups in total. The number of carbonyl (C=O) groups is 1. The van der Waals surface area contributed by atoms with Crippen molar-refractivity contribution in [3.05, 3.63) is 45.6 Å². The molecule has 0 atom stereocenters. The monoisotopic (exact) mass is 291 g/mol. The van der Waals surface area contributed by atoms with E-state index in [1.807, 2.05) is 37.3 Å². The van der Waals surface area contributed by atoms with Crippen LogP contribution in [0.5, 0.6) is 5.75 Å². The van der Waals surface area contributed by atoms with E-state index in [4.69, 9.17) is 9.84 Å². The number of aliphatic carboxylic acids is 1. The van der Waals surface area contributed by atoms with E-state index in [2.05, 4.69) is 5.32 Å². The minimum Gasteiger partial charge on any atom is -0.495 e. The summed E-state index contributed by atoms with van der Waals surface area (Å²) in [5.41, 5.74) is 2.08. The second kappa shape index (κ2) is 6.43. The van der Waals surface area contributed by atoms with Crippen LogP contribution in [0.3, 0.4) is 0 Å². The number of methoxy groups -OCH3 is 1. The maximum atomic E-state index is 10.6. The molecule has 0 aliphatic heterocycles. The van der Waals surface area contributed by atoms with Crippen LogP contribution in [0.25, 0.3) is 0 Å². The average Bonchev–Trinajstić information content (AvgIpc) is 2.84. The lowest BCUT2D eigenvalue weighted by Gasteiger charge is -2.11. The summed E-state index contributed by atoms with van der Waals surface area (Å²) < 4.78 is 5.34. The van der Waals surface area contributed by atoms with Crippen molar-refractivity contribution in [3.63, 3.8) is 0 Å². The molecule has 0 aliphatic carbocycles. The van der Waals surface area contributed by atoms with Crippen LogP contribution in [-0.2, 0) is 17.8 Å². The van der Waals surface area contributed by atoms with E-state index in [0.717, 1.165) is 26.8 Å². The average molecular weight is 291 g/mol. The summed E-state index contributed by atoms with van der Waals surface area (Å²) in [5.74, 6) is 0.0129. The van der Waals surface area contributed by atoms with Crippen molar-refractivity contribution in [1.29, 1.82) is 0 Å². The number of rotatable bonds is 6. The number of benzene rings is 1. The Hall–Kier alpha value is -2.01. The van der Waals surface area contributed by atoms with E-state index in [9.17, 15) is 4.79 Å². The van der Waals surface area contributed by atoms with Gasteiger partial charge in [0.15, 0.2) is 0 Å². The molecule has 1 aromatic heterocycles. The summed E-state index contributed by atoms with van der Waals surface area (Å²) in [5, 5.41) is 12.1. The van der Waals surface area contributed by atoms with Gasteiger partial charge in [-0.2, -0.15) is 0 Å². The third kappa shape index (κ3) is 3.74. The first-order valence-corrected chi connectivity index (χ1v) is 7.08. The number of hydrogen-bond acceptors (Lipinski definition) is 4. The van der Waals surface area contributed by atoms with E-state index >= 15 is 0 Å². The fourth-order valence-electron chi connectivity index (χ4n) is 1.89. The molecule has 0 aliphatic rings. The molecule has 1 heterocycles. The lowest BCUT2D eigenvalue weighted by atomic mass is 10.2. The molecule has 0 spiro atoms. The molecule has 0 amide bonds. The predicted octanol–water partition coefficient (Wildman–Crippen LogP) is 3.30. The van der Waals surface area contributed by atoms with Gasteiger partial charge >= 0.3 is 5.97 Å². The van der Waals surface area contributed by atoms with Crippen molar-refractivity contribution in [2.75, 3.05) is 12.4 Å². The molecule has 5 heteroatoms. The molecule has 0 radical (unpaired) electrons. The molecular weight excluding hydrogens is 274 g/mol. The topological polar surface area (TPSA) is 58.6 Å². The Kier molecular flexibility index (Phi) is 4.63. The van der Waals surface area contributed by atoms with Crippen LogP contribution in [0.2, 0.25) is 0 Å². The van der Waals surface area contributed by atoms with Gasteiger partial charge in [-0.1, -0.05) is 6.07 Å². The molecule has 2 rings (SSSR count). The summed E-state index contributed by atoms with van der Waals surface area (Å²) in [6.45, 7) is 2.67. The maximum absolute atomic E-state index is 10.6. The fraction of sp³-hybridized carbons (Fsp3) is 0.267. The number of thiophene rings is 1. The molecule has 4 nitrogen and oxygen atoms in total. The third-order valence-electron chi connectivity index (χ3n) is 2.85. The number of ether oxygens (including phenoxy) is 1. The zero-order chi connectivity index (χ0) is 14.5. The maximum Gasteiger partial charge on any atom is 0.308 e. The van der Waals surface area contributed by atoms with E-state index in [0.29, 0.717) is 6.54 Å². The van der Waals surface area contributed by atoms with Crippen LogP contribution < -0.4 is 10.1 Å². The van der Waals surface area contributed by atoms with Gasteiger partial charge in [0.05, 0.1) is 19.2 Å². The molecule has 0 saturated carbocycles. The minimum atomic E-state index is -0.799. The Morgan fingerprint density at radius 2 is 2.05 bits per heavy atom. The third-order valence-corrected chi connectivity index (χ3v) is 3.94. The van der Waals surface area contributed by atoms with E-state index < -0.39 is 5.97 Å². The van der Waals surface area contributed by atoms with Gasteiger partial charge in [0.2, 0.25) is 0 Å². The summed E-state index contributed by atoms with van der Waals surface area (Å²) >= 11 is 1.51. The van der Waals surface area contributed by atoms with Gasteiger partial charge in [0, 0.05) is 16.3 Å². The molecule has 2 aromatic rings. The summed E-state index contributed by atoms with van der Waals surface area (Å²) in [4.78, 5) is 12.6. The highest BCUT2D eigenvalue weighted by atomic mass is 32.1. The zero-order valence-corrected chi connectivity index (χ0v) is 12.3. The summed E-state index contributed by atoms with van der Waals surface area (Å²) in [7, 11) is 1.65. The van der Waals surface area contributed by atoms with Gasteiger partial charge in [-0.25, -0.2) is 0 Å². The van der Waals surface area contributed by atoms with Crippen molar-refractivity contribution in [2.45, 2.75) is 19.9 Å². The smallest absolute Gasteiger partial charge is 0.308 e. The first kappa shape index (κ1) is 14.4. The highest BCUT2D eigenvalue weighted by molar-refractivity contribution is 7.12. The fourth-order valence-corrected chi connectivity index (χ4v) is 2.84. The van der Waals surface area contributed by atoms with Crippen molar-refractivity contribution < 1.29 is 14.6 Å². The Morgan fingerprint density at radius 3 is 2.75 bits per heavy atom. The molecule has 0 unspecified atom stereocenters. The van der Waals surface area contributed by atoms with Crippen molar-refractivity contribution >= 4 is 23.0 Å². The summed E-state index contributed by atoms with van der Waals surface area (Å²) in [6, 6.07) is 9.81. The molecule has 0 bridgehead atoms. The highest BCUT2D eigenvalue weighted by Gasteiger charge is 2.06. The normalized spacial score (nSPS) is 10.3. The number of anilines is 1. The second-order valence-electron chi connectivity index (χ2n) is 4.50. The zero-order valence-electron chi connectivity index (χ0n) is 11.5. The van der Waals surface area contributed by atoms with Crippen molar-refractivity contribution in [2.24, 2.45) is 0 Å². The Bertz CT molecular complexity index is 607. The van der Waals surface area contributed by atoms with Gasteiger partial charge < -0.3 is 15.2 Å². The van der Waals surface area contributed by atoms with Crippen LogP contribution in [-0.4, -0.2) is 18.2 Å². The number of carboxylic acids is 1. The van der Waals surface area contributed by atoms with Gasteiger partial charge in [-0.05, 0) is 36.8 Å². The quantitative estimate of drug-likeness (QED) is 0.857. The van der Waals surface area contributed by atoms with Crippen LogP contribution in [0, 0.1) is 6.92 Å². The number of nitrogens with one attached hydrogen (secondary N) is 1.